The number of aromatic amines is 1. The standard InChI is InChI=1S/C30H33F2N7O/c1-17-3-8-24-23(12-33-37-24)25(17)21-6-7-22-27(26(21)32)35-29(36-28(22)38-14-19-4-5-20(15-38)34-19)40-16-30-9-2-10-39(30)13-18(31)11-30/h3,6-8,12,18-20,34H,2,4-5,9-11,13-16H2,1H3,(H,33,37)/t18-,19?,20?,30+/m1/s1. The second kappa shape index (κ2) is 9.07. The molecule has 208 valence electrons. The highest BCUT2D eigenvalue weighted by Gasteiger charge is 2.49. The fourth-order valence-electron chi connectivity index (χ4n) is 7.73. The van der Waals surface area contributed by atoms with Crippen molar-refractivity contribution in [2.24, 2.45) is 0 Å². The molecule has 4 fully saturated rings. The van der Waals surface area contributed by atoms with Gasteiger partial charge in [0.15, 0.2) is 5.82 Å². The third-order valence-corrected chi connectivity index (χ3v) is 9.61. The van der Waals surface area contributed by atoms with E-state index in [9.17, 15) is 4.39 Å². The van der Waals surface area contributed by atoms with E-state index in [0.29, 0.717) is 48.4 Å². The summed E-state index contributed by atoms with van der Waals surface area (Å²) >= 11 is 0. The summed E-state index contributed by atoms with van der Waals surface area (Å²) in [4.78, 5) is 14.0. The summed E-state index contributed by atoms with van der Waals surface area (Å²) in [5, 5.41) is 12.4. The number of anilines is 1. The molecule has 8 nitrogen and oxygen atoms in total. The quantitative estimate of drug-likeness (QED) is 0.382. The van der Waals surface area contributed by atoms with E-state index < -0.39 is 12.0 Å². The number of fused-ring (bicyclic) bond motifs is 5. The van der Waals surface area contributed by atoms with Crippen molar-refractivity contribution in [1.82, 2.24) is 30.4 Å². The van der Waals surface area contributed by atoms with Crippen LogP contribution < -0.4 is 15.0 Å². The number of aromatic nitrogens is 4. The zero-order chi connectivity index (χ0) is 27.0. The molecule has 4 aliphatic rings. The lowest BCUT2D eigenvalue weighted by Crippen LogP contribution is -2.51. The smallest absolute Gasteiger partial charge is 0.319 e. The number of H-pyrrole nitrogens is 1. The molecule has 40 heavy (non-hydrogen) atoms. The fourth-order valence-corrected chi connectivity index (χ4v) is 7.73. The third kappa shape index (κ3) is 3.79. The maximum absolute atomic E-state index is 16.6. The van der Waals surface area contributed by atoms with Crippen LogP contribution in [-0.4, -0.2) is 81.6 Å². The number of hydrogen-bond acceptors (Lipinski definition) is 7. The zero-order valence-electron chi connectivity index (χ0n) is 22.6. The third-order valence-electron chi connectivity index (χ3n) is 9.61. The Hall–Kier alpha value is -3.37. The molecular weight excluding hydrogens is 512 g/mol. The SMILES string of the molecule is Cc1ccc2[nH]ncc2c1-c1ccc2c(N3CC4CCC(C3)N4)nc(OC[C@@]34CCCN3C[C@H](F)C4)nc2c1F. The molecule has 4 aliphatic heterocycles. The Balaban J connectivity index is 1.24. The molecule has 4 atom stereocenters. The molecule has 2 bridgehead atoms. The van der Waals surface area contributed by atoms with Crippen LogP contribution in [0.4, 0.5) is 14.6 Å². The molecule has 2 unspecified atom stereocenters. The van der Waals surface area contributed by atoms with E-state index in [0.717, 1.165) is 67.3 Å². The molecule has 2 aromatic carbocycles. The highest BCUT2D eigenvalue weighted by atomic mass is 19.1. The molecule has 0 aliphatic carbocycles. The number of alkyl halides is 1. The lowest BCUT2D eigenvalue weighted by Gasteiger charge is -2.34. The van der Waals surface area contributed by atoms with E-state index in [2.05, 4.69) is 30.3 Å². The number of nitrogens with one attached hydrogen (secondary N) is 2. The van der Waals surface area contributed by atoms with Gasteiger partial charge < -0.3 is 15.0 Å². The van der Waals surface area contributed by atoms with Gasteiger partial charge in [0.1, 0.15) is 24.1 Å². The van der Waals surface area contributed by atoms with Crippen LogP contribution in [0.5, 0.6) is 6.01 Å². The van der Waals surface area contributed by atoms with Crippen LogP contribution >= 0.6 is 0 Å². The van der Waals surface area contributed by atoms with E-state index >= 15 is 4.39 Å². The van der Waals surface area contributed by atoms with Gasteiger partial charge in [-0.2, -0.15) is 15.1 Å². The monoisotopic (exact) mass is 545 g/mol. The summed E-state index contributed by atoms with van der Waals surface area (Å²) in [6, 6.07) is 8.66. The van der Waals surface area contributed by atoms with Gasteiger partial charge in [-0.1, -0.05) is 12.1 Å². The molecule has 0 amide bonds. The number of halogens is 2. The molecule has 2 aromatic heterocycles. The topological polar surface area (TPSA) is 82.2 Å². The number of piperazine rings is 1. The summed E-state index contributed by atoms with van der Waals surface area (Å²) in [7, 11) is 0. The first kappa shape index (κ1) is 24.4. The van der Waals surface area contributed by atoms with Crippen molar-refractivity contribution >= 4 is 27.6 Å². The first-order valence-electron chi connectivity index (χ1n) is 14.4. The van der Waals surface area contributed by atoms with Crippen molar-refractivity contribution in [3.63, 3.8) is 0 Å². The second-order valence-electron chi connectivity index (χ2n) is 12.1. The highest BCUT2D eigenvalue weighted by Crippen LogP contribution is 2.41. The fraction of sp³-hybridized carbons (Fsp3) is 0.500. The zero-order valence-corrected chi connectivity index (χ0v) is 22.6. The first-order chi connectivity index (χ1) is 19.5. The Bertz CT molecular complexity index is 1610. The maximum atomic E-state index is 16.6. The average Bonchev–Trinajstić information content (AvgIpc) is 3.71. The lowest BCUT2D eigenvalue weighted by molar-refractivity contribution is 0.107. The molecule has 2 N–H and O–H groups in total. The summed E-state index contributed by atoms with van der Waals surface area (Å²) in [6.07, 6.45) is 5.53. The van der Waals surface area contributed by atoms with Crippen LogP contribution in [0.15, 0.2) is 30.5 Å². The molecule has 6 heterocycles. The van der Waals surface area contributed by atoms with Crippen molar-refractivity contribution in [2.45, 2.75) is 62.8 Å². The summed E-state index contributed by atoms with van der Waals surface area (Å²) in [5.41, 5.74) is 3.00. The van der Waals surface area contributed by atoms with E-state index in [1.807, 2.05) is 31.2 Å². The van der Waals surface area contributed by atoms with Crippen LogP contribution in [-0.2, 0) is 0 Å². The number of nitrogens with zero attached hydrogens (tertiary/aromatic N) is 5. The van der Waals surface area contributed by atoms with E-state index in [-0.39, 0.29) is 17.1 Å². The van der Waals surface area contributed by atoms with Gasteiger partial charge in [-0.05, 0) is 62.4 Å². The number of ether oxygens (including phenoxy) is 1. The average molecular weight is 546 g/mol. The van der Waals surface area contributed by atoms with Gasteiger partial charge in [0.25, 0.3) is 0 Å². The van der Waals surface area contributed by atoms with Gasteiger partial charge >= 0.3 is 6.01 Å². The number of hydrogen-bond donors (Lipinski definition) is 2. The highest BCUT2D eigenvalue weighted by molar-refractivity contribution is 6.00. The van der Waals surface area contributed by atoms with Gasteiger partial charge in [-0.25, -0.2) is 8.78 Å². The Morgan fingerprint density at radius 1 is 1.07 bits per heavy atom. The van der Waals surface area contributed by atoms with Crippen molar-refractivity contribution < 1.29 is 13.5 Å². The molecule has 4 aromatic rings. The Kier molecular flexibility index (Phi) is 5.54. The number of aryl methyl sites for hydroxylation is 1. The normalized spacial score (nSPS) is 28.2. The largest absolute Gasteiger partial charge is 0.461 e. The van der Waals surface area contributed by atoms with Gasteiger partial charge in [0.05, 0.1) is 17.3 Å². The van der Waals surface area contributed by atoms with Crippen LogP contribution in [0.3, 0.4) is 0 Å². The second-order valence-corrected chi connectivity index (χ2v) is 12.1. The predicted molar refractivity (Wildman–Crippen MR) is 150 cm³/mol. The Morgan fingerprint density at radius 2 is 1.93 bits per heavy atom. The Labute approximate surface area is 231 Å². The van der Waals surface area contributed by atoms with Crippen LogP contribution in [0, 0.1) is 12.7 Å². The van der Waals surface area contributed by atoms with Gasteiger partial charge in [0.2, 0.25) is 0 Å². The minimum Gasteiger partial charge on any atom is -0.461 e. The van der Waals surface area contributed by atoms with E-state index in [1.54, 1.807) is 6.20 Å². The molecule has 0 saturated carbocycles. The number of rotatable bonds is 5. The molecule has 10 heteroatoms. The van der Waals surface area contributed by atoms with E-state index in [4.69, 9.17) is 9.72 Å². The summed E-state index contributed by atoms with van der Waals surface area (Å²) in [6.45, 7) is 5.23. The first-order valence-corrected chi connectivity index (χ1v) is 14.4. The van der Waals surface area contributed by atoms with Crippen molar-refractivity contribution in [1.29, 1.82) is 0 Å². The van der Waals surface area contributed by atoms with Gasteiger partial charge in [-0.15, -0.1) is 0 Å². The summed E-state index contributed by atoms with van der Waals surface area (Å²) in [5.74, 6) is 0.309. The van der Waals surface area contributed by atoms with Crippen molar-refractivity contribution in [2.75, 3.05) is 37.7 Å². The lowest BCUT2D eigenvalue weighted by atomic mass is 9.95. The molecule has 4 saturated heterocycles. The van der Waals surface area contributed by atoms with E-state index in [1.165, 1.54) is 0 Å². The maximum Gasteiger partial charge on any atom is 0.319 e. The number of benzene rings is 2. The van der Waals surface area contributed by atoms with Crippen LogP contribution in [0.1, 0.15) is 37.7 Å². The van der Waals surface area contributed by atoms with Crippen molar-refractivity contribution in [3.05, 3.63) is 41.8 Å². The summed E-state index contributed by atoms with van der Waals surface area (Å²) < 4.78 is 37.3. The van der Waals surface area contributed by atoms with Gasteiger partial charge in [-0.3, -0.25) is 10.00 Å². The molecule has 0 radical (unpaired) electrons. The van der Waals surface area contributed by atoms with Crippen LogP contribution in [0.2, 0.25) is 0 Å². The Morgan fingerprint density at radius 3 is 2.77 bits per heavy atom. The molecular formula is C30H33F2N7O. The van der Waals surface area contributed by atoms with Crippen LogP contribution in [0.25, 0.3) is 32.9 Å². The predicted octanol–water partition coefficient (Wildman–Crippen LogP) is 4.52. The minimum absolute atomic E-state index is 0.159. The van der Waals surface area contributed by atoms with Crippen molar-refractivity contribution in [3.8, 4) is 17.1 Å². The molecule has 0 spiro atoms. The van der Waals surface area contributed by atoms with Gasteiger partial charge in [0, 0.05) is 54.5 Å². The molecule has 8 rings (SSSR count). The minimum atomic E-state index is -0.845.